The molecule has 27 heavy (non-hydrogen) atoms. The SMILES string of the molecule is C[C@H](NC(=O)OCc1ccccc1)C(=O)NCc1ccc(OC(F)F)cc1. The van der Waals surface area contributed by atoms with Crippen LogP contribution in [0.5, 0.6) is 5.75 Å². The van der Waals surface area contributed by atoms with Crippen molar-refractivity contribution in [1.29, 1.82) is 0 Å². The minimum absolute atomic E-state index is 0.0382. The monoisotopic (exact) mass is 378 g/mol. The van der Waals surface area contributed by atoms with E-state index in [-0.39, 0.29) is 18.9 Å². The molecule has 2 aromatic rings. The van der Waals surface area contributed by atoms with E-state index in [0.29, 0.717) is 5.56 Å². The Bertz CT molecular complexity index is 739. The van der Waals surface area contributed by atoms with Gasteiger partial charge < -0.3 is 20.1 Å². The molecule has 0 aliphatic rings. The molecule has 0 unspecified atom stereocenters. The second-order valence-corrected chi connectivity index (χ2v) is 5.67. The van der Waals surface area contributed by atoms with Gasteiger partial charge in [-0.25, -0.2) is 4.79 Å². The van der Waals surface area contributed by atoms with Crippen LogP contribution in [0.25, 0.3) is 0 Å². The van der Waals surface area contributed by atoms with E-state index in [1.165, 1.54) is 19.1 Å². The molecule has 2 amide bonds. The fourth-order valence-corrected chi connectivity index (χ4v) is 2.14. The molecule has 1 atom stereocenters. The van der Waals surface area contributed by atoms with E-state index in [1.807, 2.05) is 30.3 Å². The Hall–Kier alpha value is -3.16. The number of halogens is 2. The van der Waals surface area contributed by atoms with Gasteiger partial charge in [0.25, 0.3) is 0 Å². The molecular weight excluding hydrogens is 358 g/mol. The van der Waals surface area contributed by atoms with Crippen molar-refractivity contribution in [3.05, 3.63) is 65.7 Å². The smallest absolute Gasteiger partial charge is 0.408 e. The van der Waals surface area contributed by atoms with Gasteiger partial charge in [-0.2, -0.15) is 8.78 Å². The topological polar surface area (TPSA) is 76.7 Å². The molecule has 0 saturated heterocycles. The number of hydrogen-bond donors (Lipinski definition) is 2. The number of ether oxygens (including phenoxy) is 2. The van der Waals surface area contributed by atoms with Crippen LogP contribution in [0.3, 0.4) is 0 Å². The number of alkyl halides is 2. The molecule has 0 aliphatic carbocycles. The van der Waals surface area contributed by atoms with Crippen molar-refractivity contribution < 1.29 is 27.8 Å². The first-order chi connectivity index (χ1) is 12.9. The van der Waals surface area contributed by atoms with Crippen molar-refractivity contribution in [2.75, 3.05) is 0 Å². The van der Waals surface area contributed by atoms with Gasteiger partial charge in [0.2, 0.25) is 5.91 Å². The van der Waals surface area contributed by atoms with Crippen molar-refractivity contribution in [2.24, 2.45) is 0 Å². The minimum Gasteiger partial charge on any atom is -0.445 e. The minimum atomic E-state index is -2.89. The third kappa shape index (κ3) is 7.31. The van der Waals surface area contributed by atoms with Crippen LogP contribution in [0, 0.1) is 0 Å². The van der Waals surface area contributed by atoms with Crippen LogP contribution in [-0.4, -0.2) is 24.7 Å². The summed E-state index contributed by atoms with van der Waals surface area (Å²) >= 11 is 0. The van der Waals surface area contributed by atoms with Gasteiger partial charge in [0.05, 0.1) is 0 Å². The summed E-state index contributed by atoms with van der Waals surface area (Å²) in [6.07, 6.45) is -0.699. The van der Waals surface area contributed by atoms with E-state index in [2.05, 4.69) is 15.4 Å². The highest BCUT2D eigenvalue weighted by molar-refractivity contribution is 5.85. The first-order valence-electron chi connectivity index (χ1n) is 8.22. The number of benzene rings is 2. The molecular formula is C19H20F2N2O4. The van der Waals surface area contributed by atoms with E-state index in [9.17, 15) is 18.4 Å². The van der Waals surface area contributed by atoms with Gasteiger partial charge in [-0.1, -0.05) is 42.5 Å². The largest absolute Gasteiger partial charge is 0.445 e. The normalized spacial score (nSPS) is 11.6. The first-order valence-corrected chi connectivity index (χ1v) is 8.22. The molecule has 0 fully saturated rings. The van der Waals surface area contributed by atoms with Crippen LogP contribution < -0.4 is 15.4 Å². The molecule has 144 valence electrons. The highest BCUT2D eigenvalue weighted by Crippen LogP contribution is 2.14. The zero-order chi connectivity index (χ0) is 19.6. The molecule has 0 aliphatic heterocycles. The lowest BCUT2D eigenvalue weighted by molar-refractivity contribution is -0.122. The van der Waals surface area contributed by atoms with E-state index >= 15 is 0 Å². The highest BCUT2D eigenvalue weighted by atomic mass is 19.3. The van der Waals surface area contributed by atoms with Gasteiger partial charge in [0, 0.05) is 6.54 Å². The summed E-state index contributed by atoms with van der Waals surface area (Å²) in [5, 5.41) is 5.08. The lowest BCUT2D eigenvalue weighted by Crippen LogP contribution is -2.44. The summed E-state index contributed by atoms with van der Waals surface area (Å²) < 4.78 is 33.5. The Morgan fingerprint density at radius 1 is 1.00 bits per heavy atom. The van der Waals surface area contributed by atoms with Gasteiger partial charge in [0.15, 0.2) is 0 Å². The summed E-state index contributed by atoms with van der Waals surface area (Å²) in [6.45, 7) is -1.07. The molecule has 2 aromatic carbocycles. The van der Waals surface area contributed by atoms with Crippen LogP contribution in [-0.2, 0) is 22.7 Å². The van der Waals surface area contributed by atoms with Gasteiger partial charge in [-0.3, -0.25) is 4.79 Å². The number of hydrogen-bond acceptors (Lipinski definition) is 4. The number of alkyl carbamates (subject to hydrolysis) is 1. The molecule has 2 N–H and O–H groups in total. The molecule has 0 bridgehead atoms. The second kappa shape index (κ2) is 10.1. The summed E-state index contributed by atoms with van der Waals surface area (Å²) in [5.74, 6) is -0.365. The summed E-state index contributed by atoms with van der Waals surface area (Å²) in [4.78, 5) is 23.8. The van der Waals surface area contributed by atoms with Crippen molar-refractivity contribution >= 4 is 12.0 Å². The average molecular weight is 378 g/mol. The van der Waals surface area contributed by atoms with E-state index in [0.717, 1.165) is 5.56 Å². The number of nitrogens with one attached hydrogen (secondary N) is 2. The van der Waals surface area contributed by atoms with Crippen molar-refractivity contribution in [3.8, 4) is 5.75 Å². The summed E-state index contributed by atoms with van der Waals surface area (Å²) in [7, 11) is 0. The third-order valence-electron chi connectivity index (χ3n) is 3.56. The molecule has 0 saturated carbocycles. The third-order valence-corrected chi connectivity index (χ3v) is 3.56. The van der Waals surface area contributed by atoms with Gasteiger partial charge in [0.1, 0.15) is 18.4 Å². The first kappa shape index (κ1) is 20.2. The fourth-order valence-electron chi connectivity index (χ4n) is 2.14. The quantitative estimate of drug-likeness (QED) is 0.740. The Morgan fingerprint density at radius 3 is 2.30 bits per heavy atom. The molecule has 0 heterocycles. The Balaban J connectivity index is 1.72. The van der Waals surface area contributed by atoms with E-state index in [4.69, 9.17) is 4.74 Å². The van der Waals surface area contributed by atoms with Gasteiger partial charge in [-0.05, 0) is 30.2 Å². The Kier molecular flexibility index (Phi) is 7.54. The zero-order valence-electron chi connectivity index (χ0n) is 14.7. The van der Waals surface area contributed by atoms with Crippen molar-refractivity contribution in [3.63, 3.8) is 0 Å². The van der Waals surface area contributed by atoms with Gasteiger partial charge in [-0.15, -0.1) is 0 Å². The zero-order valence-corrected chi connectivity index (χ0v) is 14.7. The van der Waals surface area contributed by atoms with Crippen LogP contribution in [0.4, 0.5) is 13.6 Å². The molecule has 8 heteroatoms. The fraction of sp³-hybridized carbons (Fsp3) is 0.263. The number of carbonyl (C=O) groups excluding carboxylic acids is 2. The maximum atomic E-state index is 12.1. The predicted octanol–water partition coefficient (Wildman–Crippen LogP) is 3.22. The van der Waals surface area contributed by atoms with E-state index in [1.54, 1.807) is 12.1 Å². The van der Waals surface area contributed by atoms with Crippen LogP contribution in [0.2, 0.25) is 0 Å². The van der Waals surface area contributed by atoms with E-state index < -0.39 is 24.7 Å². The predicted molar refractivity (Wildman–Crippen MR) is 94.1 cm³/mol. The van der Waals surface area contributed by atoms with Crippen molar-refractivity contribution in [1.82, 2.24) is 10.6 Å². The molecule has 0 aromatic heterocycles. The standard InChI is InChI=1S/C19H20F2N2O4/c1-13(23-19(25)26-12-15-5-3-2-4-6-15)17(24)22-11-14-7-9-16(10-8-14)27-18(20)21/h2-10,13,18H,11-12H2,1H3,(H,22,24)(H,23,25)/t13-/m0/s1. The summed E-state index contributed by atoms with van der Waals surface area (Å²) in [5.41, 5.74) is 1.54. The van der Waals surface area contributed by atoms with Crippen LogP contribution in [0.1, 0.15) is 18.1 Å². The Labute approximate surface area is 155 Å². The number of carbonyl (C=O) groups is 2. The van der Waals surface area contributed by atoms with Crippen LogP contribution in [0.15, 0.2) is 54.6 Å². The molecule has 0 radical (unpaired) electrons. The van der Waals surface area contributed by atoms with Crippen LogP contribution >= 0.6 is 0 Å². The maximum Gasteiger partial charge on any atom is 0.408 e. The number of rotatable bonds is 8. The average Bonchev–Trinajstić information content (AvgIpc) is 2.66. The summed E-state index contributed by atoms with van der Waals surface area (Å²) in [6, 6.07) is 14.3. The lowest BCUT2D eigenvalue weighted by atomic mass is 10.2. The lowest BCUT2D eigenvalue weighted by Gasteiger charge is -2.14. The second-order valence-electron chi connectivity index (χ2n) is 5.67. The molecule has 2 rings (SSSR count). The highest BCUT2D eigenvalue weighted by Gasteiger charge is 2.16. The maximum absolute atomic E-state index is 12.1. The molecule has 6 nitrogen and oxygen atoms in total. The molecule has 0 spiro atoms. The Morgan fingerprint density at radius 2 is 1.67 bits per heavy atom. The van der Waals surface area contributed by atoms with Crippen molar-refractivity contribution in [2.45, 2.75) is 32.7 Å². The van der Waals surface area contributed by atoms with Gasteiger partial charge >= 0.3 is 12.7 Å². The number of amides is 2.